The van der Waals surface area contributed by atoms with Crippen molar-refractivity contribution in [2.24, 2.45) is 0 Å². The van der Waals surface area contributed by atoms with E-state index in [0.717, 1.165) is 0 Å². The average molecular weight is 369 g/mol. The molecule has 2 aromatic carbocycles. The quantitative estimate of drug-likeness (QED) is 0.621. The Morgan fingerprint density at radius 3 is 2.00 bits per heavy atom. The van der Waals surface area contributed by atoms with Gasteiger partial charge in [0.1, 0.15) is 0 Å². The summed E-state index contributed by atoms with van der Waals surface area (Å²) in [7, 11) is 1.26. The van der Waals surface area contributed by atoms with Crippen LogP contribution in [0.5, 0.6) is 0 Å². The van der Waals surface area contributed by atoms with E-state index in [1.165, 1.54) is 45.2 Å². The molecule has 0 bridgehead atoms. The third-order valence-electron chi connectivity index (χ3n) is 3.76. The van der Waals surface area contributed by atoms with Crippen LogP contribution in [0, 0.1) is 0 Å². The molecule has 0 heterocycles. The molecule has 1 N–H and O–H groups in total. The molecule has 0 saturated carbocycles. The van der Waals surface area contributed by atoms with Crippen molar-refractivity contribution in [2.45, 2.75) is 20.0 Å². The Morgan fingerprint density at radius 1 is 0.889 bits per heavy atom. The Morgan fingerprint density at radius 2 is 1.44 bits per heavy atom. The number of hydrogen-bond donors (Lipinski definition) is 1. The summed E-state index contributed by atoms with van der Waals surface area (Å²) in [6.45, 7) is 2.82. The van der Waals surface area contributed by atoms with Gasteiger partial charge >= 0.3 is 11.9 Å². The zero-order chi connectivity index (χ0) is 20.0. The second-order valence-electron chi connectivity index (χ2n) is 5.71. The van der Waals surface area contributed by atoms with Crippen LogP contribution < -0.4 is 5.32 Å². The largest absolute Gasteiger partial charge is 0.465 e. The minimum Gasteiger partial charge on any atom is -0.465 e. The molecule has 0 saturated heterocycles. The molecule has 0 aromatic heterocycles. The summed E-state index contributed by atoms with van der Waals surface area (Å²) in [6, 6.07) is 12.2. The number of Topliss-reactive ketones (excluding diaryl/α,β-unsaturated/α-hetero) is 1. The third kappa shape index (κ3) is 5.01. The maximum absolute atomic E-state index is 12.3. The number of amides is 1. The molecular formula is C20H19NO6. The minimum atomic E-state index is -1.09. The predicted molar refractivity (Wildman–Crippen MR) is 97.7 cm³/mol. The normalized spacial score (nSPS) is 11.2. The maximum atomic E-state index is 12.3. The summed E-state index contributed by atoms with van der Waals surface area (Å²) in [5.41, 5.74) is 1.19. The molecule has 0 radical (unpaired) electrons. The van der Waals surface area contributed by atoms with Gasteiger partial charge in [-0.2, -0.15) is 0 Å². The smallest absolute Gasteiger partial charge is 0.338 e. The number of esters is 2. The first-order valence-corrected chi connectivity index (χ1v) is 8.13. The lowest BCUT2D eigenvalue weighted by Crippen LogP contribution is -2.30. The van der Waals surface area contributed by atoms with Crippen molar-refractivity contribution in [1.82, 2.24) is 0 Å². The first-order chi connectivity index (χ1) is 12.8. The van der Waals surface area contributed by atoms with Crippen molar-refractivity contribution in [2.75, 3.05) is 12.4 Å². The Bertz CT molecular complexity index is 872. The van der Waals surface area contributed by atoms with Crippen LogP contribution >= 0.6 is 0 Å². The maximum Gasteiger partial charge on any atom is 0.338 e. The van der Waals surface area contributed by atoms with E-state index in [0.29, 0.717) is 16.8 Å². The highest BCUT2D eigenvalue weighted by Gasteiger charge is 2.20. The first kappa shape index (κ1) is 19.8. The van der Waals surface area contributed by atoms with Crippen LogP contribution in [-0.2, 0) is 14.3 Å². The van der Waals surface area contributed by atoms with Crippen molar-refractivity contribution in [3.8, 4) is 0 Å². The fourth-order valence-electron chi connectivity index (χ4n) is 2.28. The molecule has 0 fully saturated rings. The molecule has 7 heteroatoms. The van der Waals surface area contributed by atoms with Gasteiger partial charge in [0.15, 0.2) is 11.9 Å². The van der Waals surface area contributed by atoms with E-state index in [1.54, 1.807) is 24.3 Å². The van der Waals surface area contributed by atoms with E-state index in [9.17, 15) is 19.2 Å². The Kier molecular flexibility index (Phi) is 6.43. The molecule has 0 aliphatic heterocycles. The van der Waals surface area contributed by atoms with Crippen LogP contribution in [0.2, 0.25) is 0 Å². The number of para-hydroxylation sites is 1. The Labute approximate surface area is 156 Å². The number of carbonyl (C=O) groups excluding carboxylic acids is 4. The second-order valence-corrected chi connectivity index (χ2v) is 5.71. The number of ketones is 1. The molecule has 0 aliphatic carbocycles. The molecule has 1 amide bonds. The number of hydrogen-bond acceptors (Lipinski definition) is 6. The molecule has 0 unspecified atom stereocenters. The molecule has 140 valence electrons. The van der Waals surface area contributed by atoms with Crippen LogP contribution in [-0.4, -0.2) is 36.8 Å². The van der Waals surface area contributed by atoms with Gasteiger partial charge in [0.2, 0.25) is 0 Å². The van der Waals surface area contributed by atoms with Gasteiger partial charge in [0.25, 0.3) is 5.91 Å². The van der Waals surface area contributed by atoms with E-state index in [-0.39, 0.29) is 11.3 Å². The van der Waals surface area contributed by atoms with Gasteiger partial charge in [-0.25, -0.2) is 9.59 Å². The molecule has 27 heavy (non-hydrogen) atoms. The van der Waals surface area contributed by atoms with Crippen LogP contribution in [0.3, 0.4) is 0 Å². The van der Waals surface area contributed by atoms with E-state index >= 15 is 0 Å². The minimum absolute atomic E-state index is 0.187. The standard InChI is InChI=1S/C20H19NO6/c1-12(22)16-6-4-5-7-17(16)21-18(23)13(2)27-20(25)15-10-8-14(9-11-15)19(24)26-3/h4-11,13H,1-3H3,(H,21,23)/t13-/m0/s1. The second kappa shape index (κ2) is 8.75. The number of ether oxygens (including phenoxy) is 2. The zero-order valence-electron chi connectivity index (χ0n) is 15.1. The highest BCUT2D eigenvalue weighted by Crippen LogP contribution is 2.16. The van der Waals surface area contributed by atoms with Gasteiger partial charge in [-0.3, -0.25) is 9.59 Å². The molecule has 0 spiro atoms. The summed E-state index contributed by atoms with van der Waals surface area (Å²) in [6.07, 6.45) is -1.09. The van der Waals surface area contributed by atoms with E-state index < -0.39 is 23.9 Å². The fourth-order valence-corrected chi connectivity index (χ4v) is 2.28. The SMILES string of the molecule is COC(=O)c1ccc(C(=O)O[C@@H](C)C(=O)Nc2ccccc2C(C)=O)cc1. The van der Waals surface area contributed by atoms with Gasteiger partial charge in [0, 0.05) is 5.56 Å². The van der Waals surface area contributed by atoms with Crippen molar-refractivity contribution in [1.29, 1.82) is 0 Å². The van der Waals surface area contributed by atoms with Crippen LogP contribution in [0.25, 0.3) is 0 Å². The van der Waals surface area contributed by atoms with Crippen molar-refractivity contribution in [3.63, 3.8) is 0 Å². The Balaban J connectivity index is 2.03. The van der Waals surface area contributed by atoms with Crippen molar-refractivity contribution < 1.29 is 28.7 Å². The van der Waals surface area contributed by atoms with E-state index in [2.05, 4.69) is 10.1 Å². The predicted octanol–water partition coefficient (Wildman–Crippen LogP) is 2.86. The number of benzene rings is 2. The lowest BCUT2D eigenvalue weighted by molar-refractivity contribution is -0.123. The van der Waals surface area contributed by atoms with Gasteiger partial charge in [-0.1, -0.05) is 12.1 Å². The summed E-state index contributed by atoms with van der Waals surface area (Å²) in [5.74, 6) is -2.00. The summed E-state index contributed by atoms with van der Waals surface area (Å²) >= 11 is 0. The molecule has 0 aliphatic rings. The number of rotatable bonds is 6. The topological polar surface area (TPSA) is 98.8 Å². The molecule has 1 atom stereocenters. The van der Waals surface area contributed by atoms with E-state index in [1.807, 2.05) is 0 Å². The van der Waals surface area contributed by atoms with Gasteiger partial charge < -0.3 is 14.8 Å². The van der Waals surface area contributed by atoms with Crippen LogP contribution in [0.15, 0.2) is 48.5 Å². The number of anilines is 1. The van der Waals surface area contributed by atoms with Crippen LogP contribution in [0.1, 0.15) is 44.9 Å². The molecular weight excluding hydrogens is 350 g/mol. The highest BCUT2D eigenvalue weighted by molar-refractivity contribution is 6.05. The fraction of sp³-hybridized carbons (Fsp3) is 0.200. The summed E-state index contributed by atoms with van der Waals surface area (Å²) in [4.78, 5) is 47.4. The summed E-state index contributed by atoms with van der Waals surface area (Å²) in [5, 5.41) is 2.58. The Hall–Kier alpha value is -3.48. The summed E-state index contributed by atoms with van der Waals surface area (Å²) < 4.78 is 9.73. The van der Waals surface area contributed by atoms with Gasteiger partial charge in [-0.05, 0) is 50.2 Å². The lowest BCUT2D eigenvalue weighted by atomic mass is 10.1. The monoisotopic (exact) mass is 369 g/mol. The lowest BCUT2D eigenvalue weighted by Gasteiger charge is -2.15. The highest BCUT2D eigenvalue weighted by atomic mass is 16.5. The third-order valence-corrected chi connectivity index (χ3v) is 3.76. The van der Waals surface area contributed by atoms with E-state index in [4.69, 9.17) is 4.74 Å². The molecule has 2 aromatic rings. The number of methoxy groups -OCH3 is 1. The number of nitrogens with one attached hydrogen (secondary N) is 1. The van der Waals surface area contributed by atoms with Crippen molar-refractivity contribution >= 4 is 29.3 Å². The average Bonchev–Trinajstić information content (AvgIpc) is 2.67. The number of carbonyl (C=O) groups is 4. The van der Waals surface area contributed by atoms with Crippen LogP contribution in [0.4, 0.5) is 5.69 Å². The first-order valence-electron chi connectivity index (χ1n) is 8.13. The van der Waals surface area contributed by atoms with Gasteiger partial charge in [-0.15, -0.1) is 0 Å². The van der Waals surface area contributed by atoms with Crippen molar-refractivity contribution in [3.05, 3.63) is 65.2 Å². The molecule has 7 nitrogen and oxygen atoms in total. The zero-order valence-corrected chi connectivity index (χ0v) is 15.1. The molecule has 2 rings (SSSR count). The van der Waals surface area contributed by atoms with Gasteiger partial charge in [0.05, 0.1) is 23.9 Å².